The van der Waals surface area contributed by atoms with E-state index in [2.05, 4.69) is 60.7 Å². The van der Waals surface area contributed by atoms with Crippen molar-refractivity contribution in [3.8, 4) is 0 Å². The lowest BCUT2D eigenvalue weighted by Crippen LogP contribution is -2.04. The van der Waals surface area contributed by atoms with Gasteiger partial charge in [-0.25, -0.2) is 0 Å². The highest BCUT2D eigenvalue weighted by Crippen LogP contribution is 2.26. The summed E-state index contributed by atoms with van der Waals surface area (Å²) in [7, 11) is 0. The van der Waals surface area contributed by atoms with Gasteiger partial charge in [0, 0.05) is 0 Å². The average molecular weight is 220 g/mol. The fourth-order valence-electron chi connectivity index (χ4n) is 2.51. The fraction of sp³-hybridized carbons (Fsp3) is 0.176. The van der Waals surface area contributed by atoms with Crippen LogP contribution in [0, 0.1) is 0 Å². The molecule has 84 valence electrons. The third-order valence-corrected chi connectivity index (χ3v) is 3.42. The molecule has 17 heavy (non-hydrogen) atoms. The normalized spacial score (nSPS) is 16.8. The molecule has 0 heterocycles. The van der Waals surface area contributed by atoms with Crippen molar-refractivity contribution in [2.75, 3.05) is 0 Å². The van der Waals surface area contributed by atoms with Gasteiger partial charge in [0.05, 0.1) is 0 Å². The minimum absolute atomic E-state index is 1.12. The zero-order chi connectivity index (χ0) is 11.5. The Bertz CT molecular complexity index is 535. The lowest BCUT2D eigenvalue weighted by molar-refractivity contribution is 0.843. The van der Waals surface area contributed by atoms with E-state index in [0.717, 1.165) is 6.42 Å². The van der Waals surface area contributed by atoms with Crippen LogP contribution in [0.15, 0.2) is 60.2 Å². The van der Waals surface area contributed by atoms with Crippen molar-refractivity contribution in [1.82, 2.24) is 0 Å². The first-order valence-corrected chi connectivity index (χ1v) is 6.23. The predicted octanol–water partition coefficient (Wildman–Crippen LogP) is 4.26. The minimum Gasteiger partial charge on any atom is -0.0649 e. The van der Waals surface area contributed by atoms with Crippen LogP contribution < -0.4 is 0 Å². The highest BCUT2D eigenvalue weighted by atomic mass is 14.2. The molecule has 0 aliphatic heterocycles. The van der Waals surface area contributed by atoms with Crippen molar-refractivity contribution in [1.29, 1.82) is 0 Å². The van der Waals surface area contributed by atoms with Gasteiger partial charge in [-0.15, -0.1) is 0 Å². The van der Waals surface area contributed by atoms with Crippen molar-refractivity contribution < 1.29 is 0 Å². The average Bonchev–Trinajstić information content (AvgIpc) is 2.40. The molecule has 0 saturated carbocycles. The Hall–Kier alpha value is -1.82. The van der Waals surface area contributed by atoms with Gasteiger partial charge in [0.15, 0.2) is 0 Å². The van der Waals surface area contributed by atoms with Crippen LogP contribution in [0.4, 0.5) is 0 Å². The van der Waals surface area contributed by atoms with Crippen molar-refractivity contribution >= 4 is 6.08 Å². The van der Waals surface area contributed by atoms with Crippen molar-refractivity contribution in [2.45, 2.75) is 19.3 Å². The van der Waals surface area contributed by atoms with Crippen LogP contribution in [0.1, 0.15) is 23.1 Å². The van der Waals surface area contributed by atoms with E-state index in [0.29, 0.717) is 0 Å². The van der Waals surface area contributed by atoms with Gasteiger partial charge in [-0.3, -0.25) is 0 Å². The molecule has 0 nitrogen and oxygen atoms in total. The Balaban J connectivity index is 1.87. The van der Waals surface area contributed by atoms with Gasteiger partial charge in [0.25, 0.3) is 0 Å². The van der Waals surface area contributed by atoms with Gasteiger partial charge in [-0.2, -0.15) is 0 Å². The molecule has 3 rings (SSSR count). The number of allylic oxidation sites excluding steroid dienone is 1. The maximum atomic E-state index is 2.34. The molecule has 0 N–H and O–H groups in total. The zero-order valence-corrected chi connectivity index (χ0v) is 9.89. The molecule has 1 aliphatic carbocycles. The van der Waals surface area contributed by atoms with Crippen LogP contribution in [0.25, 0.3) is 6.08 Å². The summed E-state index contributed by atoms with van der Waals surface area (Å²) in [5.74, 6) is 0. The number of hydrogen-bond donors (Lipinski definition) is 0. The third-order valence-electron chi connectivity index (χ3n) is 3.42. The lowest BCUT2D eigenvalue weighted by atomic mass is 9.87. The van der Waals surface area contributed by atoms with E-state index >= 15 is 0 Å². The maximum absolute atomic E-state index is 2.34. The lowest BCUT2D eigenvalue weighted by Gasteiger charge is -2.18. The number of fused-ring (bicyclic) bond motifs is 1. The predicted molar refractivity (Wildman–Crippen MR) is 72.9 cm³/mol. The Kier molecular flexibility index (Phi) is 2.79. The van der Waals surface area contributed by atoms with E-state index in [9.17, 15) is 0 Å². The molecule has 0 amide bonds. The first-order chi connectivity index (χ1) is 8.42. The standard InChI is InChI=1S/C17H16/c1-2-6-14(7-3-1)12-15-10-11-16-8-4-5-9-17(16)13-15/h1-9,12H,10-11,13H2. The molecular weight excluding hydrogens is 204 g/mol. The Morgan fingerprint density at radius 2 is 1.41 bits per heavy atom. The van der Waals surface area contributed by atoms with Crippen LogP contribution in [0.3, 0.4) is 0 Å². The minimum atomic E-state index is 1.12. The SMILES string of the molecule is C(=C1CCc2ccccc2C1)c1ccccc1. The largest absolute Gasteiger partial charge is 0.0649 e. The van der Waals surface area contributed by atoms with Crippen molar-refractivity contribution in [3.05, 3.63) is 76.9 Å². The quantitative estimate of drug-likeness (QED) is 0.673. The molecule has 1 aliphatic rings. The highest BCUT2D eigenvalue weighted by molar-refractivity contribution is 5.55. The van der Waals surface area contributed by atoms with E-state index in [1.807, 2.05) is 0 Å². The Morgan fingerprint density at radius 3 is 2.24 bits per heavy atom. The summed E-state index contributed by atoms with van der Waals surface area (Å²) in [6, 6.07) is 19.4. The highest BCUT2D eigenvalue weighted by Gasteiger charge is 2.11. The summed E-state index contributed by atoms with van der Waals surface area (Å²) < 4.78 is 0. The van der Waals surface area contributed by atoms with Gasteiger partial charge in [0.2, 0.25) is 0 Å². The van der Waals surface area contributed by atoms with E-state index in [1.54, 1.807) is 5.57 Å². The van der Waals surface area contributed by atoms with Gasteiger partial charge >= 0.3 is 0 Å². The van der Waals surface area contributed by atoms with Gasteiger partial charge < -0.3 is 0 Å². The van der Waals surface area contributed by atoms with E-state index in [-0.39, 0.29) is 0 Å². The van der Waals surface area contributed by atoms with E-state index < -0.39 is 0 Å². The molecule has 0 radical (unpaired) electrons. The smallest absolute Gasteiger partial charge is 0.00609 e. The monoisotopic (exact) mass is 220 g/mol. The van der Waals surface area contributed by atoms with Crippen molar-refractivity contribution in [3.63, 3.8) is 0 Å². The molecule has 0 saturated heterocycles. The number of rotatable bonds is 1. The van der Waals surface area contributed by atoms with Crippen molar-refractivity contribution in [2.24, 2.45) is 0 Å². The molecule has 0 atom stereocenters. The van der Waals surface area contributed by atoms with E-state index in [1.165, 1.54) is 29.5 Å². The molecular formula is C17H16. The van der Waals surface area contributed by atoms with Crippen LogP contribution in [0.5, 0.6) is 0 Å². The van der Waals surface area contributed by atoms with E-state index in [4.69, 9.17) is 0 Å². The maximum Gasteiger partial charge on any atom is -0.00609 e. The Morgan fingerprint density at radius 1 is 0.706 bits per heavy atom. The van der Waals surface area contributed by atoms with Crippen LogP contribution >= 0.6 is 0 Å². The summed E-state index contributed by atoms with van der Waals surface area (Å²) in [6.07, 6.45) is 5.85. The summed E-state index contributed by atoms with van der Waals surface area (Å²) in [5, 5.41) is 0. The Labute approximate surface area is 103 Å². The summed E-state index contributed by atoms with van der Waals surface area (Å²) in [4.78, 5) is 0. The molecule has 0 spiro atoms. The van der Waals surface area contributed by atoms with Gasteiger partial charge in [-0.05, 0) is 36.0 Å². The summed E-state index contributed by atoms with van der Waals surface area (Å²) >= 11 is 0. The number of hydrogen-bond acceptors (Lipinski definition) is 0. The molecule has 2 aromatic carbocycles. The summed E-state index contributed by atoms with van der Waals surface area (Å²) in [5.41, 5.74) is 5.90. The second-order valence-electron chi connectivity index (χ2n) is 4.66. The fourth-order valence-corrected chi connectivity index (χ4v) is 2.51. The van der Waals surface area contributed by atoms with Crippen LogP contribution in [-0.2, 0) is 12.8 Å². The summed E-state index contributed by atoms with van der Waals surface area (Å²) in [6.45, 7) is 0. The number of aryl methyl sites for hydroxylation is 1. The molecule has 2 aromatic rings. The molecule has 0 unspecified atom stereocenters. The zero-order valence-electron chi connectivity index (χ0n) is 9.89. The van der Waals surface area contributed by atoms with Gasteiger partial charge in [-0.1, -0.05) is 66.2 Å². The third kappa shape index (κ3) is 2.31. The van der Waals surface area contributed by atoms with Gasteiger partial charge in [0.1, 0.15) is 0 Å². The van der Waals surface area contributed by atoms with Crippen LogP contribution in [-0.4, -0.2) is 0 Å². The second kappa shape index (κ2) is 4.58. The van der Waals surface area contributed by atoms with Crippen LogP contribution in [0.2, 0.25) is 0 Å². The number of benzene rings is 2. The topological polar surface area (TPSA) is 0 Å². The first kappa shape index (κ1) is 10.3. The molecule has 0 heteroatoms. The molecule has 0 aromatic heterocycles. The molecule has 0 bridgehead atoms. The first-order valence-electron chi connectivity index (χ1n) is 6.23. The molecule has 0 fully saturated rings. The second-order valence-corrected chi connectivity index (χ2v) is 4.66.